The lowest BCUT2D eigenvalue weighted by Crippen LogP contribution is -2.31. The Bertz CT molecular complexity index is 256. The number of rotatable bonds is 5. The lowest BCUT2D eigenvalue weighted by atomic mass is 9.98. The van der Waals surface area contributed by atoms with Gasteiger partial charge in [0.05, 0.1) is 6.10 Å². The van der Waals surface area contributed by atoms with Crippen LogP contribution in [0.3, 0.4) is 0 Å². The van der Waals surface area contributed by atoms with Crippen molar-refractivity contribution in [2.45, 2.75) is 77.1 Å². The molecule has 0 aromatic carbocycles. The molecular weight excluding hydrogens is 236 g/mol. The number of ether oxygens (including phenoxy) is 1. The van der Waals surface area contributed by atoms with Crippen molar-refractivity contribution >= 4 is 6.16 Å². The number of carbonyl (C=O) groups excluding carboxylic acids is 1. The Hall–Kier alpha value is -0.810. The molecule has 0 radical (unpaired) electrons. The summed E-state index contributed by atoms with van der Waals surface area (Å²) >= 11 is 0. The normalized spacial score (nSPS) is 19.3. The first kappa shape index (κ1) is 15.2. The van der Waals surface area contributed by atoms with Crippen molar-refractivity contribution in [1.29, 1.82) is 0 Å². The molecule has 106 valence electrons. The zero-order chi connectivity index (χ0) is 13.6. The van der Waals surface area contributed by atoms with E-state index in [0.717, 1.165) is 25.7 Å². The number of hydrogen-bond acceptors (Lipinski definition) is 5. The Labute approximate surface area is 108 Å². The molecular formula is C13H24O5. The van der Waals surface area contributed by atoms with Crippen molar-refractivity contribution < 1.29 is 24.4 Å². The van der Waals surface area contributed by atoms with Gasteiger partial charge in [0, 0.05) is 6.42 Å². The van der Waals surface area contributed by atoms with Crippen LogP contribution in [0.25, 0.3) is 0 Å². The molecule has 0 heterocycles. The van der Waals surface area contributed by atoms with Gasteiger partial charge in [-0.1, -0.05) is 6.42 Å². The van der Waals surface area contributed by atoms with Crippen molar-refractivity contribution in [1.82, 2.24) is 0 Å². The SMILES string of the molecule is CC(O)CC(C)(C)OOC(=O)OC1CCCCC1. The topological polar surface area (TPSA) is 65.0 Å². The Balaban J connectivity index is 2.23. The van der Waals surface area contributed by atoms with Crippen LogP contribution in [0.4, 0.5) is 4.79 Å². The summed E-state index contributed by atoms with van der Waals surface area (Å²) in [5.74, 6) is 0. The van der Waals surface area contributed by atoms with E-state index in [1.165, 1.54) is 6.42 Å². The monoisotopic (exact) mass is 260 g/mol. The molecule has 1 N–H and O–H groups in total. The minimum absolute atomic E-state index is 0.0465. The summed E-state index contributed by atoms with van der Waals surface area (Å²) in [5.41, 5.74) is -0.722. The molecule has 1 fully saturated rings. The predicted molar refractivity (Wildman–Crippen MR) is 65.9 cm³/mol. The molecule has 1 rings (SSSR count). The molecule has 0 amide bonds. The van der Waals surface area contributed by atoms with Gasteiger partial charge in [-0.25, -0.2) is 4.79 Å². The predicted octanol–water partition coefficient (Wildman–Crippen LogP) is 2.95. The maximum absolute atomic E-state index is 11.4. The largest absolute Gasteiger partial charge is 0.540 e. The summed E-state index contributed by atoms with van der Waals surface area (Å²) in [6, 6.07) is 0. The van der Waals surface area contributed by atoms with E-state index in [4.69, 9.17) is 9.62 Å². The van der Waals surface area contributed by atoms with Crippen LogP contribution in [-0.4, -0.2) is 29.1 Å². The van der Waals surface area contributed by atoms with Gasteiger partial charge in [-0.3, -0.25) is 4.89 Å². The third-order valence-electron chi connectivity index (χ3n) is 2.94. The Morgan fingerprint density at radius 3 is 2.50 bits per heavy atom. The van der Waals surface area contributed by atoms with Gasteiger partial charge in [0.2, 0.25) is 0 Å². The Kier molecular flexibility index (Phi) is 5.88. The van der Waals surface area contributed by atoms with Crippen LogP contribution in [-0.2, 0) is 14.5 Å². The molecule has 0 saturated heterocycles. The van der Waals surface area contributed by atoms with E-state index in [0.29, 0.717) is 6.42 Å². The van der Waals surface area contributed by atoms with Gasteiger partial charge >= 0.3 is 6.16 Å². The van der Waals surface area contributed by atoms with E-state index in [2.05, 4.69) is 4.89 Å². The zero-order valence-corrected chi connectivity index (χ0v) is 11.5. The fourth-order valence-electron chi connectivity index (χ4n) is 2.23. The summed E-state index contributed by atoms with van der Waals surface area (Å²) in [5, 5.41) is 9.26. The molecule has 1 saturated carbocycles. The van der Waals surface area contributed by atoms with Gasteiger partial charge in [-0.05, 0) is 46.5 Å². The Morgan fingerprint density at radius 1 is 1.33 bits per heavy atom. The van der Waals surface area contributed by atoms with Gasteiger partial charge in [-0.15, -0.1) is 0 Å². The number of carbonyl (C=O) groups is 1. The van der Waals surface area contributed by atoms with Gasteiger partial charge in [-0.2, -0.15) is 4.89 Å². The first-order valence-electron chi connectivity index (χ1n) is 6.63. The molecule has 5 nitrogen and oxygen atoms in total. The van der Waals surface area contributed by atoms with Crippen LogP contribution in [0.2, 0.25) is 0 Å². The van der Waals surface area contributed by atoms with Gasteiger partial charge in [0.15, 0.2) is 0 Å². The van der Waals surface area contributed by atoms with E-state index >= 15 is 0 Å². The second-order valence-electron chi connectivity index (χ2n) is 5.61. The Morgan fingerprint density at radius 2 is 1.94 bits per heavy atom. The molecule has 0 spiro atoms. The van der Waals surface area contributed by atoms with Crippen molar-refractivity contribution in [2.24, 2.45) is 0 Å². The van der Waals surface area contributed by atoms with Crippen LogP contribution < -0.4 is 0 Å². The summed E-state index contributed by atoms with van der Waals surface area (Å²) < 4.78 is 5.14. The fraction of sp³-hybridized carbons (Fsp3) is 0.923. The van der Waals surface area contributed by atoms with E-state index in [1.807, 2.05) is 0 Å². The number of aliphatic hydroxyl groups is 1. The molecule has 0 aromatic rings. The minimum atomic E-state index is -0.791. The van der Waals surface area contributed by atoms with E-state index in [9.17, 15) is 9.90 Å². The average molecular weight is 260 g/mol. The van der Waals surface area contributed by atoms with Crippen molar-refractivity contribution in [3.05, 3.63) is 0 Å². The fourth-order valence-corrected chi connectivity index (χ4v) is 2.23. The van der Waals surface area contributed by atoms with Crippen LogP contribution in [0.5, 0.6) is 0 Å². The van der Waals surface area contributed by atoms with Crippen LogP contribution >= 0.6 is 0 Å². The highest BCUT2D eigenvalue weighted by atomic mass is 17.2. The van der Waals surface area contributed by atoms with Crippen molar-refractivity contribution in [2.75, 3.05) is 0 Å². The zero-order valence-electron chi connectivity index (χ0n) is 11.5. The molecule has 1 atom stereocenters. The molecule has 18 heavy (non-hydrogen) atoms. The van der Waals surface area contributed by atoms with E-state index in [1.54, 1.807) is 20.8 Å². The maximum Gasteiger partial charge on any atom is 0.540 e. The van der Waals surface area contributed by atoms with Crippen LogP contribution in [0.1, 0.15) is 59.3 Å². The van der Waals surface area contributed by atoms with Gasteiger partial charge in [0.1, 0.15) is 11.7 Å². The van der Waals surface area contributed by atoms with Gasteiger partial charge in [0.25, 0.3) is 0 Å². The second kappa shape index (κ2) is 6.95. The maximum atomic E-state index is 11.4. The van der Waals surface area contributed by atoms with E-state index in [-0.39, 0.29) is 6.10 Å². The highest BCUT2D eigenvalue weighted by Crippen LogP contribution is 2.22. The van der Waals surface area contributed by atoms with Crippen LogP contribution in [0, 0.1) is 0 Å². The molecule has 1 aliphatic carbocycles. The molecule has 1 unspecified atom stereocenters. The lowest BCUT2D eigenvalue weighted by molar-refractivity contribution is -0.323. The molecule has 1 aliphatic rings. The highest BCUT2D eigenvalue weighted by Gasteiger charge is 2.26. The molecule has 0 aromatic heterocycles. The first-order valence-corrected chi connectivity index (χ1v) is 6.63. The van der Waals surface area contributed by atoms with Crippen molar-refractivity contribution in [3.63, 3.8) is 0 Å². The smallest absolute Gasteiger partial charge is 0.429 e. The average Bonchev–Trinajstić information content (AvgIpc) is 2.26. The summed E-state index contributed by atoms with van der Waals surface area (Å²) in [6.45, 7) is 5.15. The summed E-state index contributed by atoms with van der Waals surface area (Å²) in [4.78, 5) is 21.1. The summed E-state index contributed by atoms with van der Waals surface area (Å²) in [7, 11) is 0. The minimum Gasteiger partial charge on any atom is -0.429 e. The number of hydrogen-bond donors (Lipinski definition) is 1. The van der Waals surface area contributed by atoms with Crippen molar-refractivity contribution in [3.8, 4) is 0 Å². The first-order chi connectivity index (χ1) is 8.39. The van der Waals surface area contributed by atoms with Crippen LogP contribution in [0.15, 0.2) is 0 Å². The standard InChI is InChI=1S/C13H24O5/c1-10(14)9-13(2,3)18-17-12(15)16-11-7-5-4-6-8-11/h10-11,14H,4-9H2,1-3H3. The molecule has 5 heteroatoms. The third-order valence-corrected chi connectivity index (χ3v) is 2.94. The highest BCUT2D eigenvalue weighted by molar-refractivity contribution is 5.59. The second-order valence-corrected chi connectivity index (χ2v) is 5.61. The third kappa shape index (κ3) is 6.21. The van der Waals surface area contributed by atoms with Gasteiger partial charge < -0.3 is 9.84 Å². The molecule has 0 aliphatic heterocycles. The number of aliphatic hydroxyl groups excluding tert-OH is 1. The van der Waals surface area contributed by atoms with E-state index < -0.39 is 17.9 Å². The molecule has 0 bridgehead atoms. The summed E-state index contributed by atoms with van der Waals surface area (Å²) in [6.07, 6.45) is 4.20. The lowest BCUT2D eigenvalue weighted by Gasteiger charge is -2.25. The quantitative estimate of drug-likeness (QED) is 0.467.